The van der Waals surface area contributed by atoms with Gasteiger partial charge in [0, 0.05) is 18.9 Å². The standard InChI is InChI=1S/C17H17N3OS/c1-11-6-7-12(2)14(9-11)18-17-19-16(21)15(22-17)10-13-5-4-8-20(13)3/h4-10H,1-3H3,(H,18,19,21)/b15-10+. The molecule has 0 atom stereocenters. The van der Waals surface area contributed by atoms with E-state index in [1.54, 1.807) is 0 Å². The Balaban J connectivity index is 1.88. The van der Waals surface area contributed by atoms with E-state index >= 15 is 0 Å². The molecule has 4 nitrogen and oxygen atoms in total. The van der Waals surface area contributed by atoms with Gasteiger partial charge < -0.3 is 9.88 Å². The molecule has 0 aliphatic carbocycles. The van der Waals surface area contributed by atoms with Crippen LogP contribution in [0.4, 0.5) is 5.69 Å². The number of hydrogen-bond acceptors (Lipinski definition) is 3. The molecule has 0 radical (unpaired) electrons. The fourth-order valence-corrected chi connectivity index (χ4v) is 3.01. The van der Waals surface area contributed by atoms with Gasteiger partial charge in [-0.25, -0.2) is 4.99 Å². The number of aromatic nitrogens is 1. The Morgan fingerprint density at radius 3 is 2.82 bits per heavy atom. The lowest BCUT2D eigenvalue weighted by Gasteiger charge is -2.02. The van der Waals surface area contributed by atoms with E-state index in [1.807, 2.05) is 62.0 Å². The van der Waals surface area contributed by atoms with Gasteiger partial charge in [-0.3, -0.25) is 4.79 Å². The fourth-order valence-electron chi connectivity index (χ4n) is 2.19. The van der Waals surface area contributed by atoms with E-state index in [-0.39, 0.29) is 5.91 Å². The van der Waals surface area contributed by atoms with Crippen molar-refractivity contribution >= 4 is 34.6 Å². The second kappa shape index (κ2) is 5.85. The van der Waals surface area contributed by atoms with Gasteiger partial charge in [0.25, 0.3) is 5.91 Å². The Kier molecular flexibility index (Phi) is 3.90. The summed E-state index contributed by atoms with van der Waals surface area (Å²) in [5.74, 6) is -0.102. The van der Waals surface area contributed by atoms with Crippen molar-refractivity contribution in [3.05, 3.63) is 58.3 Å². The van der Waals surface area contributed by atoms with Crippen molar-refractivity contribution in [3.8, 4) is 0 Å². The molecule has 5 heteroatoms. The van der Waals surface area contributed by atoms with Crippen LogP contribution >= 0.6 is 11.8 Å². The maximum Gasteiger partial charge on any atom is 0.264 e. The molecule has 0 spiro atoms. The Hall–Kier alpha value is -2.27. The third-order valence-corrected chi connectivity index (χ3v) is 4.41. The molecule has 1 aliphatic heterocycles. The largest absolute Gasteiger partial charge is 0.351 e. The highest BCUT2D eigenvalue weighted by Crippen LogP contribution is 2.29. The zero-order chi connectivity index (χ0) is 15.7. The summed E-state index contributed by atoms with van der Waals surface area (Å²) in [5, 5.41) is 3.45. The van der Waals surface area contributed by atoms with Crippen LogP contribution in [0.5, 0.6) is 0 Å². The first kappa shape index (κ1) is 14.7. The number of amidine groups is 1. The third kappa shape index (κ3) is 2.99. The molecule has 112 valence electrons. The highest BCUT2D eigenvalue weighted by molar-refractivity contribution is 8.18. The first-order valence-corrected chi connectivity index (χ1v) is 7.83. The van der Waals surface area contributed by atoms with Gasteiger partial charge in [0.05, 0.1) is 10.6 Å². The van der Waals surface area contributed by atoms with Crippen molar-refractivity contribution in [2.75, 3.05) is 0 Å². The molecule has 22 heavy (non-hydrogen) atoms. The van der Waals surface area contributed by atoms with E-state index in [1.165, 1.54) is 11.8 Å². The van der Waals surface area contributed by atoms with Crippen molar-refractivity contribution in [1.29, 1.82) is 0 Å². The summed E-state index contributed by atoms with van der Waals surface area (Å²) in [6.07, 6.45) is 3.83. The highest BCUT2D eigenvalue weighted by Gasteiger charge is 2.24. The molecule has 1 amide bonds. The van der Waals surface area contributed by atoms with Crippen molar-refractivity contribution < 1.29 is 4.79 Å². The van der Waals surface area contributed by atoms with Crippen LogP contribution in [0.25, 0.3) is 6.08 Å². The molecule has 1 aromatic carbocycles. The summed E-state index contributed by atoms with van der Waals surface area (Å²) in [4.78, 5) is 17.3. The maximum absolute atomic E-state index is 12.1. The predicted octanol–water partition coefficient (Wildman–Crippen LogP) is 3.53. The topological polar surface area (TPSA) is 46.4 Å². The number of rotatable bonds is 2. The Morgan fingerprint density at radius 2 is 2.09 bits per heavy atom. The lowest BCUT2D eigenvalue weighted by molar-refractivity contribution is -0.115. The van der Waals surface area contributed by atoms with Crippen LogP contribution in [0, 0.1) is 13.8 Å². The zero-order valence-electron chi connectivity index (χ0n) is 12.8. The first-order valence-electron chi connectivity index (χ1n) is 7.01. The van der Waals surface area contributed by atoms with Gasteiger partial charge in [-0.1, -0.05) is 12.1 Å². The number of aryl methyl sites for hydroxylation is 3. The van der Waals surface area contributed by atoms with Crippen LogP contribution in [0.15, 0.2) is 46.4 Å². The smallest absolute Gasteiger partial charge is 0.264 e. The Bertz CT molecular complexity index is 802. The van der Waals surface area contributed by atoms with Gasteiger partial charge in [-0.15, -0.1) is 0 Å². The normalized spacial score (nSPS) is 18.2. The zero-order valence-corrected chi connectivity index (χ0v) is 13.6. The molecule has 0 saturated carbocycles. The number of carbonyl (C=O) groups excluding carboxylic acids is 1. The van der Waals surface area contributed by atoms with E-state index in [0.717, 1.165) is 22.5 Å². The molecule has 1 aliphatic rings. The number of hydrogen-bond donors (Lipinski definition) is 1. The van der Waals surface area contributed by atoms with E-state index in [4.69, 9.17) is 0 Å². The quantitative estimate of drug-likeness (QED) is 0.862. The van der Waals surface area contributed by atoms with Crippen molar-refractivity contribution in [1.82, 2.24) is 9.88 Å². The fraction of sp³-hybridized carbons (Fsp3) is 0.176. The summed E-state index contributed by atoms with van der Waals surface area (Å²) in [6.45, 7) is 4.05. The summed E-state index contributed by atoms with van der Waals surface area (Å²) < 4.78 is 1.97. The van der Waals surface area contributed by atoms with Crippen LogP contribution in [0.1, 0.15) is 16.8 Å². The molecule has 0 bridgehead atoms. The third-order valence-electron chi connectivity index (χ3n) is 3.50. The Labute approximate surface area is 133 Å². The van der Waals surface area contributed by atoms with E-state index in [0.29, 0.717) is 10.1 Å². The SMILES string of the molecule is Cc1ccc(C)c(N=C2NC(=O)/C(=C\c3cccn3C)S2)c1. The molecule has 1 aromatic heterocycles. The lowest BCUT2D eigenvalue weighted by atomic mass is 10.1. The average molecular weight is 311 g/mol. The summed E-state index contributed by atoms with van der Waals surface area (Å²) in [7, 11) is 1.95. The minimum Gasteiger partial charge on any atom is -0.351 e. The van der Waals surface area contributed by atoms with E-state index in [2.05, 4.69) is 16.4 Å². The molecule has 1 N–H and O–H groups in total. The minimum absolute atomic E-state index is 0.102. The van der Waals surface area contributed by atoms with Crippen LogP contribution in [0.2, 0.25) is 0 Å². The molecule has 1 fully saturated rings. The molecular formula is C17H17N3OS. The number of nitrogens with one attached hydrogen (secondary N) is 1. The second-order valence-corrected chi connectivity index (χ2v) is 6.35. The Morgan fingerprint density at radius 1 is 1.27 bits per heavy atom. The highest BCUT2D eigenvalue weighted by atomic mass is 32.2. The number of nitrogens with zero attached hydrogens (tertiary/aromatic N) is 2. The van der Waals surface area contributed by atoms with Gasteiger partial charge in [-0.2, -0.15) is 0 Å². The maximum atomic E-state index is 12.1. The number of benzene rings is 1. The van der Waals surface area contributed by atoms with E-state index < -0.39 is 0 Å². The molecule has 1 saturated heterocycles. The minimum atomic E-state index is -0.102. The summed E-state index contributed by atoms with van der Waals surface area (Å²) in [5.41, 5.74) is 4.13. The monoisotopic (exact) mass is 311 g/mol. The molecule has 2 aromatic rings. The summed E-state index contributed by atoms with van der Waals surface area (Å²) >= 11 is 1.37. The van der Waals surface area contributed by atoms with Gasteiger partial charge >= 0.3 is 0 Å². The number of carbonyl (C=O) groups is 1. The van der Waals surface area contributed by atoms with Crippen LogP contribution in [-0.4, -0.2) is 15.6 Å². The van der Waals surface area contributed by atoms with Crippen molar-refractivity contribution in [2.45, 2.75) is 13.8 Å². The molecular weight excluding hydrogens is 294 g/mol. The predicted molar refractivity (Wildman–Crippen MR) is 92.1 cm³/mol. The molecule has 0 unspecified atom stereocenters. The summed E-state index contributed by atoms with van der Waals surface area (Å²) in [6, 6.07) is 10.0. The van der Waals surface area contributed by atoms with Crippen LogP contribution in [0.3, 0.4) is 0 Å². The molecule has 2 heterocycles. The van der Waals surface area contributed by atoms with Gasteiger partial charge in [0.1, 0.15) is 0 Å². The van der Waals surface area contributed by atoms with Crippen molar-refractivity contribution in [3.63, 3.8) is 0 Å². The number of amides is 1. The van der Waals surface area contributed by atoms with Gasteiger partial charge in [0.15, 0.2) is 5.17 Å². The van der Waals surface area contributed by atoms with E-state index in [9.17, 15) is 4.79 Å². The van der Waals surface area contributed by atoms with Gasteiger partial charge in [-0.05, 0) is 61.0 Å². The second-order valence-electron chi connectivity index (χ2n) is 5.32. The number of thioether (sulfide) groups is 1. The van der Waals surface area contributed by atoms with Crippen LogP contribution < -0.4 is 5.32 Å². The molecule has 3 rings (SSSR count). The lowest BCUT2D eigenvalue weighted by Crippen LogP contribution is -2.19. The average Bonchev–Trinajstić information content (AvgIpc) is 3.02. The number of aliphatic imine (C=N–C) groups is 1. The van der Waals surface area contributed by atoms with Crippen LogP contribution in [-0.2, 0) is 11.8 Å². The first-order chi connectivity index (χ1) is 10.5. The van der Waals surface area contributed by atoms with Crippen molar-refractivity contribution in [2.24, 2.45) is 12.0 Å². The van der Waals surface area contributed by atoms with Gasteiger partial charge in [0.2, 0.25) is 0 Å².